The van der Waals surface area contributed by atoms with E-state index in [0.717, 1.165) is 23.5 Å². The van der Waals surface area contributed by atoms with E-state index < -0.39 is 0 Å². The van der Waals surface area contributed by atoms with E-state index in [9.17, 15) is 9.59 Å². The minimum atomic E-state index is -0.234. The van der Waals surface area contributed by atoms with E-state index in [4.69, 9.17) is 4.42 Å². The number of furan rings is 1. The number of fused-ring (bicyclic) bond motifs is 1. The normalized spacial score (nSPS) is 14.4. The Bertz CT molecular complexity index is 680. The van der Waals surface area contributed by atoms with E-state index in [1.165, 1.54) is 23.9 Å². The highest BCUT2D eigenvalue weighted by Crippen LogP contribution is 2.28. The van der Waals surface area contributed by atoms with Gasteiger partial charge in [0.25, 0.3) is 5.91 Å². The van der Waals surface area contributed by atoms with Crippen LogP contribution in [-0.2, 0) is 17.8 Å². The third-order valence-electron chi connectivity index (χ3n) is 3.46. The molecule has 0 aromatic carbocycles. The van der Waals surface area contributed by atoms with Crippen LogP contribution in [0.15, 0.2) is 23.0 Å². The van der Waals surface area contributed by atoms with Gasteiger partial charge < -0.3 is 9.73 Å². The van der Waals surface area contributed by atoms with Crippen LogP contribution < -0.4 is 10.6 Å². The molecule has 0 atom stereocenters. The van der Waals surface area contributed by atoms with Crippen molar-refractivity contribution in [1.29, 1.82) is 0 Å². The molecule has 3 rings (SSSR count). The van der Waals surface area contributed by atoms with E-state index in [1.54, 1.807) is 13.1 Å². The summed E-state index contributed by atoms with van der Waals surface area (Å²) in [6, 6.07) is 1.61. The Morgan fingerprint density at radius 3 is 3.09 bits per heavy atom. The molecule has 0 fully saturated rings. The Labute approximate surface area is 131 Å². The number of carbonyl (C=O) groups is 2. The van der Waals surface area contributed by atoms with Crippen molar-refractivity contribution in [2.45, 2.75) is 13.0 Å². The van der Waals surface area contributed by atoms with Crippen molar-refractivity contribution < 1.29 is 14.0 Å². The zero-order valence-corrected chi connectivity index (χ0v) is 12.9. The van der Waals surface area contributed by atoms with Crippen LogP contribution in [0.3, 0.4) is 0 Å². The molecule has 7 nitrogen and oxygen atoms in total. The lowest BCUT2D eigenvalue weighted by atomic mass is 10.2. The van der Waals surface area contributed by atoms with Gasteiger partial charge in [-0.2, -0.15) is 0 Å². The number of hydrogen-bond acceptors (Lipinski definition) is 6. The molecule has 1 aliphatic heterocycles. The van der Waals surface area contributed by atoms with Crippen LogP contribution in [-0.4, -0.2) is 41.8 Å². The lowest BCUT2D eigenvalue weighted by Crippen LogP contribution is -2.38. The van der Waals surface area contributed by atoms with Gasteiger partial charge in [-0.1, -0.05) is 0 Å². The van der Waals surface area contributed by atoms with Crippen molar-refractivity contribution in [1.82, 2.24) is 15.2 Å². The molecule has 2 amide bonds. The van der Waals surface area contributed by atoms with Gasteiger partial charge in [0.15, 0.2) is 5.13 Å². The third-order valence-corrected chi connectivity index (χ3v) is 4.46. The molecule has 0 aliphatic carbocycles. The molecule has 2 N–H and O–H groups in total. The maximum Gasteiger partial charge on any atom is 0.260 e. The molecular formula is C14H16N4O3S. The molecule has 1 aliphatic rings. The molecule has 116 valence electrons. The van der Waals surface area contributed by atoms with Gasteiger partial charge in [-0.3, -0.25) is 19.8 Å². The topological polar surface area (TPSA) is 87.5 Å². The molecule has 8 heteroatoms. The molecule has 0 bridgehead atoms. The highest BCUT2D eigenvalue weighted by atomic mass is 32.1. The molecule has 0 radical (unpaired) electrons. The Morgan fingerprint density at radius 1 is 1.50 bits per heavy atom. The monoisotopic (exact) mass is 320 g/mol. The fraction of sp³-hybridized carbons (Fsp3) is 0.357. The first-order valence-electron chi connectivity index (χ1n) is 6.91. The quantitative estimate of drug-likeness (QED) is 0.880. The van der Waals surface area contributed by atoms with Crippen molar-refractivity contribution in [3.8, 4) is 0 Å². The van der Waals surface area contributed by atoms with Crippen LogP contribution in [0.2, 0.25) is 0 Å². The van der Waals surface area contributed by atoms with Crippen LogP contribution in [0.5, 0.6) is 0 Å². The van der Waals surface area contributed by atoms with E-state index >= 15 is 0 Å². The highest BCUT2D eigenvalue weighted by Gasteiger charge is 2.22. The zero-order chi connectivity index (χ0) is 15.5. The second-order valence-corrected chi connectivity index (χ2v) is 6.07. The smallest absolute Gasteiger partial charge is 0.260 e. The summed E-state index contributed by atoms with van der Waals surface area (Å²) in [7, 11) is 1.63. The maximum absolute atomic E-state index is 12.0. The Morgan fingerprint density at radius 2 is 2.36 bits per heavy atom. The largest absolute Gasteiger partial charge is 0.472 e. The van der Waals surface area contributed by atoms with E-state index in [2.05, 4.69) is 20.5 Å². The van der Waals surface area contributed by atoms with Gasteiger partial charge in [-0.05, 0) is 6.07 Å². The summed E-state index contributed by atoms with van der Waals surface area (Å²) in [5, 5.41) is 5.98. The van der Waals surface area contributed by atoms with Gasteiger partial charge in [0.05, 0.1) is 24.1 Å². The second-order valence-electron chi connectivity index (χ2n) is 4.99. The lowest BCUT2D eigenvalue weighted by Gasteiger charge is -2.24. The number of hydrogen-bond donors (Lipinski definition) is 2. The molecule has 2 aromatic heterocycles. The number of anilines is 1. The molecule has 3 heterocycles. The van der Waals surface area contributed by atoms with Crippen LogP contribution in [0.1, 0.15) is 20.9 Å². The van der Waals surface area contributed by atoms with Crippen LogP contribution in [0.25, 0.3) is 0 Å². The second kappa shape index (κ2) is 6.29. The molecule has 0 spiro atoms. The number of nitrogens with zero attached hydrogens (tertiary/aromatic N) is 2. The van der Waals surface area contributed by atoms with Crippen molar-refractivity contribution >= 4 is 28.3 Å². The Hall–Kier alpha value is -2.19. The predicted molar refractivity (Wildman–Crippen MR) is 81.8 cm³/mol. The summed E-state index contributed by atoms with van der Waals surface area (Å²) < 4.78 is 4.89. The fourth-order valence-corrected chi connectivity index (χ4v) is 3.33. The molecule has 22 heavy (non-hydrogen) atoms. The first-order valence-corrected chi connectivity index (χ1v) is 7.72. The molecule has 0 saturated carbocycles. The van der Waals surface area contributed by atoms with E-state index in [1.807, 2.05) is 0 Å². The average molecular weight is 320 g/mol. The lowest BCUT2D eigenvalue weighted by molar-refractivity contribution is -0.121. The summed E-state index contributed by atoms with van der Waals surface area (Å²) >= 11 is 1.45. The van der Waals surface area contributed by atoms with E-state index in [0.29, 0.717) is 23.8 Å². The van der Waals surface area contributed by atoms with Gasteiger partial charge in [0.2, 0.25) is 5.91 Å². The molecule has 2 aromatic rings. The van der Waals surface area contributed by atoms with Gasteiger partial charge in [0, 0.05) is 31.4 Å². The summed E-state index contributed by atoms with van der Waals surface area (Å²) in [4.78, 5) is 31.0. The third kappa shape index (κ3) is 3.18. The van der Waals surface area contributed by atoms with Gasteiger partial charge in [-0.25, -0.2) is 4.98 Å². The molecule has 0 unspecified atom stereocenters. The number of nitrogens with one attached hydrogen (secondary N) is 2. The minimum absolute atomic E-state index is 0.00134. The number of carbonyl (C=O) groups excluding carboxylic acids is 2. The molecule has 0 saturated heterocycles. The summed E-state index contributed by atoms with van der Waals surface area (Å²) in [6.45, 7) is 1.85. The van der Waals surface area contributed by atoms with Crippen LogP contribution >= 0.6 is 11.3 Å². The number of amides is 2. The van der Waals surface area contributed by atoms with Gasteiger partial charge >= 0.3 is 0 Å². The van der Waals surface area contributed by atoms with Gasteiger partial charge in [0.1, 0.15) is 6.26 Å². The predicted octanol–water partition coefficient (Wildman–Crippen LogP) is 1.09. The van der Waals surface area contributed by atoms with Crippen LogP contribution in [0.4, 0.5) is 5.13 Å². The Kier molecular flexibility index (Phi) is 4.21. The maximum atomic E-state index is 12.0. The molecular weight excluding hydrogens is 304 g/mol. The first-order chi connectivity index (χ1) is 10.7. The average Bonchev–Trinajstić information content (AvgIpc) is 3.15. The number of thiazole rings is 1. The number of aromatic nitrogens is 1. The standard InChI is InChI=1S/C14H16N4O3S/c1-15-12(19)7-18-4-2-10-11(6-18)22-14(16-10)17-13(20)9-3-5-21-8-9/h3,5,8H,2,4,6-7H2,1H3,(H,15,19)(H,16,17,20). The van der Waals surface area contributed by atoms with Crippen molar-refractivity contribution in [3.05, 3.63) is 34.7 Å². The highest BCUT2D eigenvalue weighted by molar-refractivity contribution is 7.15. The van der Waals surface area contributed by atoms with Crippen molar-refractivity contribution in [2.24, 2.45) is 0 Å². The zero-order valence-electron chi connectivity index (χ0n) is 12.1. The minimum Gasteiger partial charge on any atom is -0.472 e. The van der Waals surface area contributed by atoms with Gasteiger partial charge in [-0.15, -0.1) is 11.3 Å². The summed E-state index contributed by atoms with van der Waals surface area (Å²) in [5.41, 5.74) is 1.47. The fourth-order valence-electron chi connectivity index (χ4n) is 2.28. The Balaban J connectivity index is 1.66. The van der Waals surface area contributed by atoms with E-state index in [-0.39, 0.29) is 11.8 Å². The van der Waals surface area contributed by atoms with Crippen LogP contribution in [0, 0.1) is 0 Å². The summed E-state index contributed by atoms with van der Waals surface area (Å²) in [6.07, 6.45) is 3.64. The number of rotatable bonds is 4. The van der Waals surface area contributed by atoms with Crippen molar-refractivity contribution in [2.75, 3.05) is 25.5 Å². The SMILES string of the molecule is CNC(=O)CN1CCc2nc(NC(=O)c3ccoc3)sc2C1. The van der Waals surface area contributed by atoms with Crippen molar-refractivity contribution in [3.63, 3.8) is 0 Å². The number of likely N-dealkylation sites (N-methyl/N-ethyl adjacent to an activating group) is 1. The summed E-state index contributed by atoms with van der Waals surface area (Å²) in [5.74, 6) is -0.233. The first kappa shape index (κ1) is 14.7.